The van der Waals surface area contributed by atoms with Crippen molar-refractivity contribution in [3.05, 3.63) is 0 Å². The molecule has 0 radical (unpaired) electrons. The van der Waals surface area contributed by atoms with E-state index in [4.69, 9.17) is 24.2 Å². The standard InChI is InChI=1S/C6H13O5PS/c1-4-2-5(6(3-7)10-4)11-12(8,9)13/h4-7H,2-3H2,1H3,(H2,8,9,13)/t4-,5?,6+/m0/s1. The van der Waals surface area contributed by atoms with Crippen LogP contribution in [0.3, 0.4) is 0 Å². The topological polar surface area (TPSA) is 79.2 Å². The summed E-state index contributed by atoms with van der Waals surface area (Å²) in [6, 6.07) is 0. The Morgan fingerprint density at radius 3 is 2.69 bits per heavy atom. The Kier molecular flexibility index (Phi) is 3.82. The van der Waals surface area contributed by atoms with Gasteiger partial charge in [0.1, 0.15) is 6.10 Å². The molecule has 13 heavy (non-hydrogen) atoms. The lowest BCUT2D eigenvalue weighted by molar-refractivity contribution is -0.0133. The van der Waals surface area contributed by atoms with Gasteiger partial charge in [-0.25, -0.2) is 0 Å². The molecule has 1 unspecified atom stereocenters. The van der Waals surface area contributed by atoms with E-state index >= 15 is 0 Å². The Balaban J connectivity index is 2.54. The van der Waals surface area contributed by atoms with Gasteiger partial charge in [0.15, 0.2) is 0 Å². The lowest BCUT2D eigenvalue weighted by atomic mass is 10.1. The minimum absolute atomic E-state index is 0.0521. The molecule has 3 N–H and O–H groups in total. The van der Waals surface area contributed by atoms with Crippen LogP contribution in [0.5, 0.6) is 0 Å². The lowest BCUT2D eigenvalue weighted by Gasteiger charge is -2.18. The molecular formula is C6H13O5PS. The van der Waals surface area contributed by atoms with Crippen molar-refractivity contribution in [2.75, 3.05) is 6.61 Å². The van der Waals surface area contributed by atoms with Crippen molar-refractivity contribution in [3.63, 3.8) is 0 Å². The van der Waals surface area contributed by atoms with E-state index in [0.29, 0.717) is 6.42 Å². The van der Waals surface area contributed by atoms with Crippen molar-refractivity contribution < 1.29 is 24.2 Å². The highest BCUT2D eigenvalue weighted by molar-refractivity contribution is 8.06. The van der Waals surface area contributed by atoms with Crippen molar-refractivity contribution in [1.82, 2.24) is 0 Å². The van der Waals surface area contributed by atoms with Crippen molar-refractivity contribution in [3.8, 4) is 0 Å². The molecule has 1 aliphatic rings. The van der Waals surface area contributed by atoms with Crippen LogP contribution in [0.4, 0.5) is 0 Å². The normalized spacial score (nSPS) is 35.2. The Labute approximate surface area is 81.5 Å². The fraction of sp³-hybridized carbons (Fsp3) is 1.00. The zero-order valence-corrected chi connectivity index (χ0v) is 8.87. The van der Waals surface area contributed by atoms with E-state index in [1.165, 1.54) is 0 Å². The smallest absolute Gasteiger partial charge is 0.322 e. The van der Waals surface area contributed by atoms with E-state index in [1.807, 2.05) is 6.92 Å². The van der Waals surface area contributed by atoms with Crippen LogP contribution in [-0.2, 0) is 21.1 Å². The van der Waals surface area contributed by atoms with Crippen LogP contribution in [0.25, 0.3) is 0 Å². The zero-order chi connectivity index (χ0) is 10.1. The number of hydrogen-bond acceptors (Lipinski definition) is 4. The second-order valence-electron chi connectivity index (χ2n) is 3.04. The molecule has 0 aromatic rings. The van der Waals surface area contributed by atoms with Crippen molar-refractivity contribution in [2.45, 2.75) is 31.7 Å². The maximum atomic E-state index is 8.90. The van der Waals surface area contributed by atoms with Gasteiger partial charge in [-0.05, 0) is 18.7 Å². The summed E-state index contributed by atoms with van der Waals surface area (Å²) in [6.07, 6.45) is -0.550. The highest BCUT2D eigenvalue weighted by atomic mass is 32.5. The first-order valence-electron chi connectivity index (χ1n) is 3.92. The van der Waals surface area contributed by atoms with Gasteiger partial charge in [-0.2, -0.15) is 0 Å². The average Bonchev–Trinajstić information content (AvgIpc) is 2.27. The summed E-state index contributed by atoms with van der Waals surface area (Å²) < 4.78 is 10.1. The van der Waals surface area contributed by atoms with Crippen LogP contribution in [0, 0.1) is 0 Å². The summed E-state index contributed by atoms with van der Waals surface area (Å²) in [7, 11) is 0. The molecule has 0 spiro atoms. The quantitative estimate of drug-likeness (QED) is 0.578. The molecule has 1 rings (SSSR count). The second kappa shape index (κ2) is 4.31. The summed E-state index contributed by atoms with van der Waals surface area (Å²) in [4.78, 5) is 17.8. The Hall–Kier alpha value is 0.450. The van der Waals surface area contributed by atoms with Gasteiger partial charge in [0, 0.05) is 6.42 Å². The first-order valence-corrected chi connectivity index (χ1v) is 6.55. The maximum absolute atomic E-state index is 8.90. The largest absolute Gasteiger partial charge is 0.394 e. The highest BCUT2D eigenvalue weighted by Crippen LogP contribution is 2.41. The Morgan fingerprint density at radius 1 is 1.62 bits per heavy atom. The molecular weight excluding hydrogens is 215 g/mol. The first kappa shape index (κ1) is 11.5. The summed E-state index contributed by atoms with van der Waals surface area (Å²) in [5.74, 6) is 0. The SMILES string of the molecule is C[C@H]1CC(OP(O)(O)=S)[C@@H](CO)O1. The summed E-state index contributed by atoms with van der Waals surface area (Å²) in [5.41, 5.74) is 0. The van der Waals surface area contributed by atoms with Gasteiger partial charge in [-0.3, -0.25) is 0 Å². The number of hydrogen-bond donors (Lipinski definition) is 3. The molecule has 0 bridgehead atoms. The van der Waals surface area contributed by atoms with Crippen LogP contribution in [-0.4, -0.2) is 39.8 Å². The molecule has 1 aliphatic heterocycles. The number of aliphatic hydroxyl groups is 1. The molecule has 1 heterocycles. The lowest BCUT2D eigenvalue weighted by Crippen LogP contribution is -2.26. The minimum atomic E-state index is -3.65. The van der Waals surface area contributed by atoms with Crippen molar-refractivity contribution in [2.24, 2.45) is 0 Å². The van der Waals surface area contributed by atoms with Gasteiger partial charge in [0.25, 0.3) is 0 Å². The average molecular weight is 228 g/mol. The molecule has 0 aromatic carbocycles. The number of rotatable bonds is 3. The van der Waals surface area contributed by atoms with Gasteiger partial charge in [-0.15, -0.1) is 0 Å². The molecule has 1 fully saturated rings. The summed E-state index contributed by atoms with van der Waals surface area (Å²) >= 11 is 4.32. The van der Waals surface area contributed by atoms with E-state index in [0.717, 1.165) is 0 Å². The highest BCUT2D eigenvalue weighted by Gasteiger charge is 2.36. The number of ether oxygens (including phenoxy) is 1. The minimum Gasteiger partial charge on any atom is -0.394 e. The molecule has 0 aromatic heterocycles. The molecule has 5 nitrogen and oxygen atoms in total. The second-order valence-corrected chi connectivity index (χ2v) is 5.66. The van der Waals surface area contributed by atoms with Crippen LogP contribution < -0.4 is 0 Å². The first-order chi connectivity index (χ1) is 5.92. The number of aliphatic hydroxyl groups excluding tert-OH is 1. The third kappa shape index (κ3) is 3.59. The van der Waals surface area contributed by atoms with Crippen molar-refractivity contribution in [1.29, 1.82) is 0 Å². The molecule has 1 saturated heterocycles. The molecule has 0 saturated carbocycles. The third-order valence-corrected chi connectivity index (χ3v) is 2.64. The monoisotopic (exact) mass is 228 g/mol. The van der Waals surface area contributed by atoms with E-state index in [9.17, 15) is 0 Å². The molecule has 78 valence electrons. The van der Waals surface area contributed by atoms with E-state index < -0.39 is 18.9 Å². The fourth-order valence-corrected chi connectivity index (χ4v) is 2.27. The Bertz CT molecular complexity index is 217. The van der Waals surface area contributed by atoms with E-state index in [1.54, 1.807) is 0 Å². The predicted octanol–water partition coefficient (Wildman–Crippen LogP) is -0.250. The van der Waals surface area contributed by atoms with E-state index in [-0.39, 0.29) is 12.7 Å². The molecule has 0 amide bonds. The van der Waals surface area contributed by atoms with Gasteiger partial charge in [0.05, 0.1) is 18.8 Å². The van der Waals surface area contributed by atoms with Crippen molar-refractivity contribution >= 4 is 18.5 Å². The summed E-state index contributed by atoms with van der Waals surface area (Å²) in [5, 5.41) is 8.86. The third-order valence-electron chi connectivity index (χ3n) is 1.84. The van der Waals surface area contributed by atoms with Gasteiger partial charge in [0.2, 0.25) is 0 Å². The predicted molar refractivity (Wildman–Crippen MR) is 49.6 cm³/mol. The molecule has 7 heteroatoms. The van der Waals surface area contributed by atoms with Crippen LogP contribution in [0.2, 0.25) is 0 Å². The zero-order valence-electron chi connectivity index (χ0n) is 7.16. The summed E-state index contributed by atoms with van der Waals surface area (Å²) in [6.45, 7) is -2.03. The van der Waals surface area contributed by atoms with Crippen LogP contribution in [0.1, 0.15) is 13.3 Å². The van der Waals surface area contributed by atoms with Gasteiger partial charge < -0.3 is 24.2 Å². The van der Waals surface area contributed by atoms with Crippen LogP contribution >= 0.6 is 6.72 Å². The van der Waals surface area contributed by atoms with Gasteiger partial charge >= 0.3 is 6.72 Å². The Morgan fingerprint density at radius 2 is 2.23 bits per heavy atom. The van der Waals surface area contributed by atoms with E-state index in [2.05, 4.69) is 11.8 Å². The van der Waals surface area contributed by atoms with Gasteiger partial charge in [-0.1, -0.05) is 0 Å². The molecule has 0 aliphatic carbocycles. The fourth-order valence-electron chi connectivity index (χ4n) is 1.37. The maximum Gasteiger partial charge on any atom is 0.322 e. The van der Waals surface area contributed by atoms with Crippen LogP contribution in [0.15, 0.2) is 0 Å². The molecule has 3 atom stereocenters.